The fraction of sp³-hybridized carbons (Fsp3) is 0.455. The molecule has 1 aromatic rings. The van der Waals surface area contributed by atoms with Crippen LogP contribution in [0.3, 0.4) is 0 Å². The summed E-state index contributed by atoms with van der Waals surface area (Å²) in [6.45, 7) is 1.84. The summed E-state index contributed by atoms with van der Waals surface area (Å²) >= 11 is 0. The minimum absolute atomic E-state index is 0. The lowest BCUT2D eigenvalue weighted by atomic mass is 10.2. The largest absolute Gasteiger partial charge is 0.326 e. The summed E-state index contributed by atoms with van der Waals surface area (Å²) in [6, 6.07) is 4.09. The molecule has 1 aliphatic heterocycles. The molecule has 0 saturated carbocycles. The highest BCUT2D eigenvalue weighted by Crippen LogP contribution is 2.17. The van der Waals surface area contributed by atoms with Gasteiger partial charge < -0.3 is 5.73 Å². The quantitative estimate of drug-likeness (QED) is 0.867. The van der Waals surface area contributed by atoms with Crippen LogP contribution in [0.2, 0.25) is 0 Å². The summed E-state index contributed by atoms with van der Waals surface area (Å²) < 4.78 is 26.6. The van der Waals surface area contributed by atoms with Gasteiger partial charge in [0.1, 0.15) is 11.6 Å². The van der Waals surface area contributed by atoms with E-state index in [9.17, 15) is 8.78 Å². The van der Waals surface area contributed by atoms with Crippen molar-refractivity contribution in [2.24, 2.45) is 5.73 Å². The van der Waals surface area contributed by atoms with Crippen LogP contribution in [-0.2, 0) is 6.54 Å². The number of nitrogens with two attached hydrogens (primary N) is 1. The van der Waals surface area contributed by atoms with E-state index in [4.69, 9.17) is 5.73 Å². The molecule has 2 rings (SSSR count). The van der Waals surface area contributed by atoms with Crippen LogP contribution in [0.1, 0.15) is 12.0 Å². The molecule has 5 heteroatoms. The second-order valence-electron chi connectivity index (χ2n) is 3.98. The molecule has 0 aromatic heterocycles. The van der Waals surface area contributed by atoms with Gasteiger partial charge in [-0.05, 0) is 18.6 Å². The van der Waals surface area contributed by atoms with Crippen molar-refractivity contribution in [1.82, 2.24) is 4.90 Å². The van der Waals surface area contributed by atoms with Gasteiger partial charge in [-0.3, -0.25) is 4.90 Å². The SMILES string of the molecule is Cl.N[C@H]1CCN(Cc2c(F)cccc2F)C1. The van der Waals surface area contributed by atoms with Gasteiger partial charge in [-0.1, -0.05) is 6.07 Å². The van der Waals surface area contributed by atoms with Crippen molar-refractivity contribution in [2.75, 3.05) is 13.1 Å². The summed E-state index contributed by atoms with van der Waals surface area (Å²) in [4.78, 5) is 1.98. The zero-order chi connectivity index (χ0) is 10.8. The van der Waals surface area contributed by atoms with E-state index in [1.54, 1.807) is 0 Å². The first-order valence-electron chi connectivity index (χ1n) is 5.07. The molecule has 1 fully saturated rings. The number of rotatable bonds is 2. The van der Waals surface area contributed by atoms with Gasteiger partial charge in [-0.2, -0.15) is 0 Å². The summed E-state index contributed by atoms with van der Waals surface area (Å²) in [5.41, 5.74) is 5.87. The number of benzene rings is 1. The first-order valence-corrected chi connectivity index (χ1v) is 5.07. The van der Waals surface area contributed by atoms with E-state index in [1.807, 2.05) is 4.90 Å². The van der Waals surface area contributed by atoms with Crippen LogP contribution in [0.15, 0.2) is 18.2 Å². The number of nitrogens with zero attached hydrogens (tertiary/aromatic N) is 1. The monoisotopic (exact) mass is 248 g/mol. The summed E-state index contributed by atoms with van der Waals surface area (Å²) in [5, 5.41) is 0. The smallest absolute Gasteiger partial charge is 0.130 e. The average molecular weight is 249 g/mol. The van der Waals surface area contributed by atoms with Crippen LogP contribution in [0.4, 0.5) is 8.78 Å². The van der Waals surface area contributed by atoms with Gasteiger partial charge in [0.05, 0.1) is 0 Å². The predicted molar refractivity (Wildman–Crippen MR) is 61.5 cm³/mol. The van der Waals surface area contributed by atoms with Gasteiger partial charge in [0.25, 0.3) is 0 Å². The molecule has 0 unspecified atom stereocenters. The maximum absolute atomic E-state index is 13.3. The lowest BCUT2D eigenvalue weighted by Crippen LogP contribution is -2.26. The van der Waals surface area contributed by atoms with E-state index < -0.39 is 11.6 Å². The number of hydrogen-bond donors (Lipinski definition) is 1. The van der Waals surface area contributed by atoms with Gasteiger partial charge in [0.2, 0.25) is 0 Å². The fourth-order valence-corrected chi connectivity index (χ4v) is 1.91. The molecule has 1 aromatic carbocycles. The molecule has 2 N–H and O–H groups in total. The normalized spacial score (nSPS) is 20.8. The van der Waals surface area contributed by atoms with Crippen LogP contribution in [0.25, 0.3) is 0 Å². The second kappa shape index (κ2) is 5.57. The standard InChI is InChI=1S/C11H14F2N2.ClH/c12-10-2-1-3-11(13)9(10)7-15-5-4-8(14)6-15;/h1-3,8H,4-7,14H2;1H/t8-;/m0./s1. The Morgan fingerprint density at radius 3 is 2.44 bits per heavy atom. The van der Waals surface area contributed by atoms with Crippen molar-refractivity contribution in [3.05, 3.63) is 35.4 Å². The molecule has 2 nitrogen and oxygen atoms in total. The Morgan fingerprint density at radius 1 is 1.31 bits per heavy atom. The van der Waals surface area contributed by atoms with Crippen LogP contribution >= 0.6 is 12.4 Å². The molecule has 1 saturated heterocycles. The molecule has 0 radical (unpaired) electrons. The fourth-order valence-electron chi connectivity index (χ4n) is 1.91. The van der Waals surface area contributed by atoms with Crippen molar-refractivity contribution < 1.29 is 8.78 Å². The molecule has 0 bridgehead atoms. The number of likely N-dealkylation sites (tertiary alicyclic amines) is 1. The van der Waals surface area contributed by atoms with Gasteiger partial charge in [0.15, 0.2) is 0 Å². The molecule has 16 heavy (non-hydrogen) atoms. The summed E-state index contributed by atoms with van der Waals surface area (Å²) in [7, 11) is 0. The third-order valence-corrected chi connectivity index (χ3v) is 2.75. The highest BCUT2D eigenvalue weighted by Gasteiger charge is 2.21. The molecule has 0 aliphatic carbocycles. The van der Waals surface area contributed by atoms with Crippen LogP contribution in [-0.4, -0.2) is 24.0 Å². The van der Waals surface area contributed by atoms with Crippen molar-refractivity contribution in [3.8, 4) is 0 Å². The first-order chi connectivity index (χ1) is 7.16. The van der Waals surface area contributed by atoms with Crippen molar-refractivity contribution in [2.45, 2.75) is 19.0 Å². The Kier molecular flexibility index (Phi) is 4.65. The molecular weight excluding hydrogens is 234 g/mol. The minimum Gasteiger partial charge on any atom is -0.326 e. The first kappa shape index (κ1) is 13.4. The van der Waals surface area contributed by atoms with Crippen LogP contribution in [0.5, 0.6) is 0 Å². The third-order valence-electron chi connectivity index (χ3n) is 2.75. The molecular formula is C11H15ClF2N2. The lowest BCUT2D eigenvalue weighted by molar-refractivity contribution is 0.314. The second-order valence-corrected chi connectivity index (χ2v) is 3.98. The van der Waals surface area contributed by atoms with E-state index in [1.165, 1.54) is 18.2 Å². The highest BCUT2D eigenvalue weighted by atomic mass is 35.5. The van der Waals surface area contributed by atoms with E-state index in [2.05, 4.69) is 0 Å². The Hall–Kier alpha value is -0.710. The lowest BCUT2D eigenvalue weighted by Gasteiger charge is -2.15. The van der Waals surface area contributed by atoms with Crippen molar-refractivity contribution >= 4 is 12.4 Å². The van der Waals surface area contributed by atoms with Crippen molar-refractivity contribution in [1.29, 1.82) is 0 Å². The van der Waals surface area contributed by atoms with Crippen molar-refractivity contribution in [3.63, 3.8) is 0 Å². The Balaban J connectivity index is 0.00000128. The zero-order valence-electron chi connectivity index (χ0n) is 8.83. The minimum atomic E-state index is -0.476. The average Bonchev–Trinajstić information content (AvgIpc) is 2.58. The van der Waals surface area contributed by atoms with E-state index in [0.29, 0.717) is 13.1 Å². The van der Waals surface area contributed by atoms with E-state index in [0.717, 1.165) is 13.0 Å². The number of hydrogen-bond acceptors (Lipinski definition) is 2. The summed E-state index contributed by atoms with van der Waals surface area (Å²) in [5.74, 6) is -0.953. The van der Waals surface area contributed by atoms with E-state index >= 15 is 0 Å². The van der Waals surface area contributed by atoms with Gasteiger partial charge in [0, 0.05) is 31.2 Å². The third kappa shape index (κ3) is 2.90. The maximum atomic E-state index is 13.3. The molecule has 0 spiro atoms. The molecule has 90 valence electrons. The van der Waals surface area contributed by atoms with E-state index in [-0.39, 0.29) is 24.0 Å². The Bertz CT molecular complexity index is 340. The number of halogens is 3. The summed E-state index contributed by atoms with van der Waals surface area (Å²) in [6.07, 6.45) is 0.899. The van der Waals surface area contributed by atoms with Gasteiger partial charge in [-0.25, -0.2) is 8.78 Å². The van der Waals surface area contributed by atoms with Gasteiger partial charge >= 0.3 is 0 Å². The Morgan fingerprint density at radius 2 is 1.94 bits per heavy atom. The maximum Gasteiger partial charge on any atom is 0.130 e. The molecule has 1 heterocycles. The van der Waals surface area contributed by atoms with Crippen LogP contribution < -0.4 is 5.73 Å². The highest BCUT2D eigenvalue weighted by molar-refractivity contribution is 5.85. The molecule has 0 amide bonds. The topological polar surface area (TPSA) is 29.3 Å². The Labute approximate surface area is 99.8 Å². The predicted octanol–water partition coefficient (Wildman–Crippen LogP) is 1.92. The molecule has 1 aliphatic rings. The van der Waals surface area contributed by atoms with Gasteiger partial charge in [-0.15, -0.1) is 12.4 Å². The molecule has 1 atom stereocenters. The van der Waals surface area contributed by atoms with Crippen LogP contribution in [0, 0.1) is 11.6 Å². The zero-order valence-corrected chi connectivity index (χ0v) is 9.64.